The van der Waals surface area contributed by atoms with E-state index in [0.29, 0.717) is 12.1 Å². The van der Waals surface area contributed by atoms with E-state index in [9.17, 15) is 0 Å². The van der Waals surface area contributed by atoms with Crippen LogP contribution in [0.1, 0.15) is 32.3 Å². The van der Waals surface area contributed by atoms with Gasteiger partial charge in [0.15, 0.2) is 5.65 Å². The van der Waals surface area contributed by atoms with Gasteiger partial charge in [-0.3, -0.25) is 4.90 Å². The van der Waals surface area contributed by atoms with Crippen LogP contribution in [0.2, 0.25) is 0 Å². The van der Waals surface area contributed by atoms with Crippen molar-refractivity contribution >= 4 is 38.5 Å². The van der Waals surface area contributed by atoms with Crippen LogP contribution >= 0.6 is 15.9 Å². The van der Waals surface area contributed by atoms with Gasteiger partial charge in [-0.1, -0.05) is 0 Å². The van der Waals surface area contributed by atoms with Crippen molar-refractivity contribution in [1.82, 2.24) is 34.7 Å². The SMILES string of the molecule is CC(C)N1CCC(Nc2c(Br)cnc3nc(-c4ccc(N5CCN(Cc6cncnc6)CC5)cc4)[nH]c23)CC1. The van der Waals surface area contributed by atoms with Crippen LogP contribution in [0.3, 0.4) is 0 Å². The monoisotopic (exact) mass is 589 g/mol. The first-order chi connectivity index (χ1) is 19.0. The number of rotatable bonds is 7. The fourth-order valence-electron chi connectivity index (χ4n) is 5.64. The van der Waals surface area contributed by atoms with Gasteiger partial charge >= 0.3 is 0 Å². The van der Waals surface area contributed by atoms with E-state index in [4.69, 9.17) is 4.98 Å². The summed E-state index contributed by atoms with van der Waals surface area (Å²) in [6.07, 6.45) is 9.50. The second kappa shape index (κ2) is 11.6. The standard InChI is InChI=1S/C29H36BrN9/c1-20(2)38-9-7-23(8-10-38)34-26-25(30)17-33-29-27(26)35-28(36-29)22-3-5-24(6-4-22)39-13-11-37(12-14-39)18-21-15-31-19-32-16-21/h3-6,15-17,19-20,23H,7-14,18H2,1-2H3,(H2,33,34,35,36). The fraction of sp³-hybridized carbons (Fsp3) is 0.448. The molecule has 204 valence electrons. The molecule has 4 aromatic rings. The minimum Gasteiger partial charge on any atom is -0.379 e. The highest BCUT2D eigenvalue weighted by molar-refractivity contribution is 9.10. The second-order valence-corrected chi connectivity index (χ2v) is 11.7. The number of nitrogens with zero attached hydrogens (tertiary/aromatic N) is 7. The van der Waals surface area contributed by atoms with Gasteiger partial charge in [0.2, 0.25) is 0 Å². The maximum absolute atomic E-state index is 4.84. The van der Waals surface area contributed by atoms with Gasteiger partial charge in [-0.2, -0.15) is 0 Å². The Morgan fingerprint density at radius 2 is 1.69 bits per heavy atom. The third-order valence-corrected chi connectivity index (χ3v) is 8.58. The van der Waals surface area contributed by atoms with Gasteiger partial charge in [-0.15, -0.1) is 0 Å². The van der Waals surface area contributed by atoms with Crippen LogP contribution in [0.25, 0.3) is 22.6 Å². The summed E-state index contributed by atoms with van der Waals surface area (Å²) in [7, 11) is 0. The highest BCUT2D eigenvalue weighted by Crippen LogP contribution is 2.33. The number of imidazole rings is 1. The highest BCUT2D eigenvalue weighted by Gasteiger charge is 2.23. The smallest absolute Gasteiger partial charge is 0.180 e. The summed E-state index contributed by atoms with van der Waals surface area (Å²) in [6, 6.07) is 9.76. The molecule has 2 aliphatic rings. The highest BCUT2D eigenvalue weighted by atomic mass is 79.9. The predicted molar refractivity (Wildman–Crippen MR) is 160 cm³/mol. The molecule has 0 atom stereocenters. The van der Waals surface area contributed by atoms with Crippen molar-refractivity contribution in [1.29, 1.82) is 0 Å². The lowest BCUT2D eigenvalue weighted by molar-refractivity contribution is 0.177. The van der Waals surface area contributed by atoms with Crippen LogP contribution in [-0.4, -0.2) is 86.1 Å². The van der Waals surface area contributed by atoms with E-state index in [1.807, 2.05) is 18.6 Å². The number of aromatic nitrogens is 5. The number of halogens is 1. The molecule has 10 heteroatoms. The van der Waals surface area contributed by atoms with Gasteiger partial charge in [0.05, 0.1) is 10.2 Å². The molecular weight excluding hydrogens is 554 g/mol. The van der Waals surface area contributed by atoms with Crippen molar-refractivity contribution in [2.45, 2.75) is 45.3 Å². The Morgan fingerprint density at radius 3 is 2.38 bits per heavy atom. The van der Waals surface area contributed by atoms with Crippen LogP contribution in [0.5, 0.6) is 0 Å². The molecule has 5 heterocycles. The summed E-state index contributed by atoms with van der Waals surface area (Å²) in [4.78, 5) is 28.7. The number of likely N-dealkylation sites (tertiary alicyclic amines) is 1. The van der Waals surface area contributed by atoms with Crippen molar-refractivity contribution in [3.05, 3.63) is 59.2 Å². The fourth-order valence-corrected chi connectivity index (χ4v) is 6.05. The Labute approximate surface area is 238 Å². The molecule has 0 spiro atoms. The molecule has 0 bridgehead atoms. The summed E-state index contributed by atoms with van der Waals surface area (Å²) in [5, 5.41) is 3.78. The van der Waals surface area contributed by atoms with E-state index in [2.05, 4.69) is 94.0 Å². The third-order valence-electron chi connectivity index (χ3n) is 7.98. The van der Waals surface area contributed by atoms with Gasteiger partial charge in [-0.25, -0.2) is 19.9 Å². The lowest BCUT2D eigenvalue weighted by Crippen LogP contribution is -2.45. The summed E-state index contributed by atoms with van der Waals surface area (Å²) in [5.41, 5.74) is 6.21. The van der Waals surface area contributed by atoms with Crippen LogP contribution < -0.4 is 10.2 Å². The number of fused-ring (bicyclic) bond motifs is 1. The number of anilines is 2. The van der Waals surface area contributed by atoms with Crippen molar-refractivity contribution < 1.29 is 0 Å². The van der Waals surface area contributed by atoms with Gasteiger partial charge in [0.25, 0.3) is 0 Å². The molecule has 0 unspecified atom stereocenters. The normalized spacial score (nSPS) is 17.8. The van der Waals surface area contributed by atoms with Gasteiger partial charge in [-0.05, 0) is 66.9 Å². The number of piperazine rings is 1. The second-order valence-electron chi connectivity index (χ2n) is 10.9. The molecule has 6 rings (SSSR count). The van der Waals surface area contributed by atoms with E-state index in [0.717, 1.165) is 96.9 Å². The largest absolute Gasteiger partial charge is 0.379 e. The Hall–Kier alpha value is -3.08. The van der Waals surface area contributed by atoms with E-state index in [-0.39, 0.29) is 0 Å². The molecular formula is C29H36BrN9. The quantitative estimate of drug-likeness (QED) is 0.318. The topological polar surface area (TPSA) is 89.1 Å². The van der Waals surface area contributed by atoms with Crippen molar-refractivity contribution in [3.8, 4) is 11.4 Å². The third kappa shape index (κ3) is 5.92. The number of nitrogens with one attached hydrogen (secondary N) is 2. The number of aromatic amines is 1. The Morgan fingerprint density at radius 1 is 0.974 bits per heavy atom. The summed E-state index contributed by atoms with van der Waals surface area (Å²) in [6.45, 7) is 11.7. The molecule has 3 aromatic heterocycles. The van der Waals surface area contributed by atoms with Gasteiger partial charge < -0.3 is 20.1 Å². The Bertz CT molecular complexity index is 1370. The zero-order valence-electron chi connectivity index (χ0n) is 22.6. The number of piperidine rings is 1. The number of H-pyrrole nitrogens is 1. The van der Waals surface area contributed by atoms with Gasteiger partial charge in [0.1, 0.15) is 17.7 Å². The molecule has 0 aliphatic carbocycles. The minimum absolute atomic E-state index is 0.439. The molecule has 2 fully saturated rings. The molecule has 2 aliphatic heterocycles. The number of hydrogen-bond acceptors (Lipinski definition) is 8. The number of benzene rings is 1. The molecule has 0 saturated carbocycles. The van der Waals surface area contributed by atoms with E-state index in [1.54, 1.807) is 6.33 Å². The lowest BCUT2D eigenvalue weighted by atomic mass is 10.0. The Balaban J connectivity index is 1.12. The summed E-state index contributed by atoms with van der Waals surface area (Å²) >= 11 is 3.72. The van der Waals surface area contributed by atoms with Gasteiger partial charge in [0, 0.05) is 93.3 Å². The summed E-state index contributed by atoms with van der Waals surface area (Å²) in [5.74, 6) is 0.842. The maximum Gasteiger partial charge on any atom is 0.180 e. The van der Waals surface area contributed by atoms with Crippen molar-refractivity contribution in [2.24, 2.45) is 0 Å². The van der Waals surface area contributed by atoms with Crippen molar-refractivity contribution in [3.63, 3.8) is 0 Å². The van der Waals surface area contributed by atoms with Crippen LogP contribution in [-0.2, 0) is 6.54 Å². The average molecular weight is 591 g/mol. The van der Waals surface area contributed by atoms with E-state index < -0.39 is 0 Å². The first kappa shape index (κ1) is 26.2. The molecule has 2 saturated heterocycles. The zero-order valence-corrected chi connectivity index (χ0v) is 24.2. The Kier molecular flexibility index (Phi) is 7.76. The van der Waals surface area contributed by atoms with Crippen LogP contribution in [0.15, 0.2) is 53.7 Å². The van der Waals surface area contributed by atoms with E-state index in [1.165, 1.54) is 5.69 Å². The van der Waals surface area contributed by atoms with Crippen LogP contribution in [0.4, 0.5) is 11.4 Å². The van der Waals surface area contributed by atoms with E-state index >= 15 is 0 Å². The lowest BCUT2D eigenvalue weighted by Gasteiger charge is -2.36. The molecule has 9 nitrogen and oxygen atoms in total. The number of hydrogen-bond donors (Lipinski definition) is 2. The molecule has 0 radical (unpaired) electrons. The predicted octanol–water partition coefficient (Wildman–Crippen LogP) is 4.78. The average Bonchev–Trinajstić information content (AvgIpc) is 3.41. The molecule has 2 N–H and O–H groups in total. The summed E-state index contributed by atoms with van der Waals surface area (Å²) < 4.78 is 0.964. The zero-order chi connectivity index (χ0) is 26.8. The van der Waals surface area contributed by atoms with Crippen molar-refractivity contribution in [2.75, 3.05) is 49.5 Å². The molecule has 1 aromatic carbocycles. The molecule has 39 heavy (non-hydrogen) atoms. The van der Waals surface area contributed by atoms with Crippen LogP contribution in [0, 0.1) is 0 Å². The maximum atomic E-state index is 4.84. The first-order valence-electron chi connectivity index (χ1n) is 13.9. The first-order valence-corrected chi connectivity index (χ1v) is 14.7. The molecule has 0 amide bonds. The minimum atomic E-state index is 0.439. The number of pyridine rings is 1.